The molecule has 0 heterocycles. The van der Waals surface area contributed by atoms with Crippen LogP contribution in [-0.2, 0) is 0 Å². The van der Waals surface area contributed by atoms with Gasteiger partial charge in [0.05, 0.1) is 17.1 Å². The molecule has 1 aromatic rings. The highest BCUT2D eigenvalue weighted by molar-refractivity contribution is 6.33. The lowest BCUT2D eigenvalue weighted by molar-refractivity contribution is 0.0892. The highest BCUT2D eigenvalue weighted by Gasteiger charge is 2.10. The van der Waals surface area contributed by atoms with E-state index in [0.717, 1.165) is 0 Å². The predicted molar refractivity (Wildman–Crippen MR) is 49.8 cm³/mol. The largest absolute Gasteiger partial charge is 0.346 e. The van der Waals surface area contributed by atoms with E-state index in [4.69, 9.17) is 11.6 Å². The van der Waals surface area contributed by atoms with Gasteiger partial charge in [0.1, 0.15) is 0 Å². The molecule has 0 radical (unpaired) electrons. The molecule has 76 valence electrons. The first-order valence-electron chi connectivity index (χ1n) is 3.92. The molecule has 0 saturated heterocycles. The van der Waals surface area contributed by atoms with E-state index in [0.29, 0.717) is 0 Å². The van der Waals surface area contributed by atoms with E-state index >= 15 is 0 Å². The summed E-state index contributed by atoms with van der Waals surface area (Å²) >= 11 is 5.69. The van der Waals surface area contributed by atoms with Gasteiger partial charge in [-0.2, -0.15) is 0 Å². The second kappa shape index (κ2) is 4.91. The van der Waals surface area contributed by atoms with Crippen LogP contribution >= 0.6 is 11.6 Å². The zero-order chi connectivity index (χ0) is 10.6. The zero-order valence-corrected chi connectivity index (χ0v) is 7.89. The van der Waals surface area contributed by atoms with Crippen molar-refractivity contribution in [3.05, 3.63) is 34.9 Å². The molecule has 0 aliphatic carbocycles. The Labute approximate surface area is 84.9 Å². The van der Waals surface area contributed by atoms with Crippen LogP contribution in [0.15, 0.2) is 24.3 Å². The van der Waals surface area contributed by atoms with E-state index in [1.54, 1.807) is 12.1 Å². The molecular weight excluding hydrogens is 212 g/mol. The van der Waals surface area contributed by atoms with E-state index in [9.17, 15) is 13.6 Å². The van der Waals surface area contributed by atoms with Crippen molar-refractivity contribution in [2.45, 2.75) is 6.43 Å². The molecule has 1 amide bonds. The monoisotopic (exact) mass is 219 g/mol. The maximum atomic E-state index is 11.8. The first kappa shape index (κ1) is 10.9. The molecule has 0 aliphatic heterocycles. The van der Waals surface area contributed by atoms with Gasteiger partial charge in [-0.15, -0.1) is 0 Å². The second-order valence-corrected chi connectivity index (χ2v) is 2.99. The normalized spacial score (nSPS) is 10.3. The van der Waals surface area contributed by atoms with Crippen LogP contribution in [0.3, 0.4) is 0 Å². The highest BCUT2D eigenvalue weighted by Crippen LogP contribution is 2.14. The summed E-state index contributed by atoms with van der Waals surface area (Å²) in [6.45, 7) is -0.663. The van der Waals surface area contributed by atoms with E-state index in [2.05, 4.69) is 5.32 Å². The minimum Gasteiger partial charge on any atom is -0.346 e. The number of carbonyl (C=O) groups excluding carboxylic acids is 1. The maximum absolute atomic E-state index is 11.8. The predicted octanol–water partition coefficient (Wildman–Crippen LogP) is 2.33. The van der Waals surface area contributed by atoms with Crippen molar-refractivity contribution in [3.63, 3.8) is 0 Å². The lowest BCUT2D eigenvalue weighted by atomic mass is 10.2. The summed E-state index contributed by atoms with van der Waals surface area (Å²) in [4.78, 5) is 11.2. The molecule has 0 bridgehead atoms. The van der Waals surface area contributed by atoms with Gasteiger partial charge in [0, 0.05) is 0 Å². The zero-order valence-electron chi connectivity index (χ0n) is 7.14. The van der Waals surface area contributed by atoms with Gasteiger partial charge >= 0.3 is 0 Å². The van der Waals surface area contributed by atoms with E-state index in [1.165, 1.54) is 12.1 Å². The quantitative estimate of drug-likeness (QED) is 0.831. The van der Waals surface area contributed by atoms with Crippen LogP contribution in [0.5, 0.6) is 0 Å². The van der Waals surface area contributed by atoms with Crippen LogP contribution < -0.4 is 5.32 Å². The molecule has 0 aliphatic rings. The molecule has 1 aromatic carbocycles. The molecule has 0 aromatic heterocycles. The Morgan fingerprint density at radius 1 is 1.43 bits per heavy atom. The molecule has 0 saturated carbocycles. The molecule has 0 fully saturated rings. The summed E-state index contributed by atoms with van der Waals surface area (Å²) in [5.74, 6) is -0.587. The number of nitrogens with one attached hydrogen (secondary N) is 1. The fourth-order valence-corrected chi connectivity index (χ4v) is 1.13. The molecule has 0 spiro atoms. The van der Waals surface area contributed by atoms with Gasteiger partial charge in [-0.1, -0.05) is 23.7 Å². The van der Waals surface area contributed by atoms with E-state index in [1.807, 2.05) is 0 Å². The summed E-state index contributed by atoms with van der Waals surface area (Å²) in [6.07, 6.45) is -2.55. The van der Waals surface area contributed by atoms with Crippen LogP contribution in [0.2, 0.25) is 5.02 Å². The molecule has 0 unspecified atom stereocenters. The Morgan fingerprint density at radius 3 is 2.64 bits per heavy atom. The molecule has 1 rings (SSSR count). The Hall–Kier alpha value is -1.16. The van der Waals surface area contributed by atoms with E-state index in [-0.39, 0.29) is 10.6 Å². The average molecular weight is 220 g/mol. The standard InChI is InChI=1S/C9H8ClF2NO/c10-7-4-2-1-3-6(7)9(14)13-5-8(11)12/h1-4,8H,5H2,(H,13,14). The second-order valence-electron chi connectivity index (χ2n) is 2.58. The van der Waals surface area contributed by atoms with Gasteiger partial charge in [-0.05, 0) is 12.1 Å². The first-order valence-corrected chi connectivity index (χ1v) is 4.30. The van der Waals surface area contributed by atoms with Crippen molar-refractivity contribution in [2.75, 3.05) is 6.54 Å². The molecule has 2 nitrogen and oxygen atoms in total. The van der Waals surface area contributed by atoms with Crippen LogP contribution in [0.25, 0.3) is 0 Å². The highest BCUT2D eigenvalue weighted by atomic mass is 35.5. The number of halogens is 3. The Bertz CT molecular complexity index is 330. The van der Waals surface area contributed by atoms with E-state index < -0.39 is 18.9 Å². The summed E-state index contributed by atoms with van der Waals surface area (Å²) in [6, 6.07) is 6.28. The third kappa shape index (κ3) is 2.96. The molecule has 1 N–H and O–H groups in total. The Kier molecular flexibility index (Phi) is 3.83. The lowest BCUT2D eigenvalue weighted by Gasteiger charge is -2.05. The van der Waals surface area contributed by atoms with Gasteiger partial charge in [-0.25, -0.2) is 8.78 Å². The van der Waals surface area contributed by atoms with Crippen molar-refractivity contribution < 1.29 is 13.6 Å². The van der Waals surface area contributed by atoms with Gasteiger partial charge in [0.25, 0.3) is 12.3 Å². The Balaban J connectivity index is 2.65. The topological polar surface area (TPSA) is 29.1 Å². The van der Waals surface area contributed by atoms with Crippen molar-refractivity contribution in [3.8, 4) is 0 Å². The number of carbonyl (C=O) groups is 1. The minimum absolute atomic E-state index is 0.204. The van der Waals surface area contributed by atoms with Gasteiger partial charge < -0.3 is 5.32 Å². The van der Waals surface area contributed by atoms with Crippen LogP contribution in [0.1, 0.15) is 10.4 Å². The van der Waals surface area contributed by atoms with Gasteiger partial charge in [-0.3, -0.25) is 4.79 Å². The summed E-state index contributed by atoms with van der Waals surface area (Å²) in [5.41, 5.74) is 0.204. The third-order valence-electron chi connectivity index (χ3n) is 1.54. The maximum Gasteiger partial charge on any atom is 0.255 e. The third-order valence-corrected chi connectivity index (χ3v) is 1.86. The SMILES string of the molecule is O=C(NCC(F)F)c1ccccc1Cl. The average Bonchev–Trinajstić information content (AvgIpc) is 2.15. The number of amides is 1. The van der Waals surface area contributed by atoms with Gasteiger partial charge in [0.2, 0.25) is 0 Å². The van der Waals surface area contributed by atoms with Crippen LogP contribution in [-0.4, -0.2) is 18.9 Å². The van der Waals surface area contributed by atoms with Gasteiger partial charge in [0.15, 0.2) is 0 Å². The summed E-state index contributed by atoms with van der Waals surface area (Å²) in [5, 5.41) is 2.32. The van der Waals surface area contributed by atoms with Crippen molar-refractivity contribution in [1.82, 2.24) is 5.32 Å². The lowest BCUT2D eigenvalue weighted by Crippen LogP contribution is -2.28. The molecular formula is C9H8ClF2NO. The van der Waals surface area contributed by atoms with Crippen molar-refractivity contribution >= 4 is 17.5 Å². The fraction of sp³-hybridized carbons (Fsp3) is 0.222. The molecule has 0 atom stereocenters. The number of hydrogen-bond acceptors (Lipinski definition) is 1. The Morgan fingerprint density at radius 2 is 2.07 bits per heavy atom. The molecule has 5 heteroatoms. The van der Waals surface area contributed by atoms with Crippen molar-refractivity contribution in [2.24, 2.45) is 0 Å². The number of benzene rings is 1. The van der Waals surface area contributed by atoms with Crippen molar-refractivity contribution in [1.29, 1.82) is 0 Å². The smallest absolute Gasteiger partial charge is 0.255 e. The number of hydrogen-bond donors (Lipinski definition) is 1. The fourth-order valence-electron chi connectivity index (χ4n) is 0.910. The molecule has 14 heavy (non-hydrogen) atoms. The number of alkyl halides is 2. The number of rotatable bonds is 3. The van der Waals surface area contributed by atoms with Crippen LogP contribution in [0.4, 0.5) is 8.78 Å². The first-order chi connectivity index (χ1) is 6.61. The van der Waals surface area contributed by atoms with Crippen LogP contribution in [0, 0.1) is 0 Å². The summed E-state index contributed by atoms with van der Waals surface area (Å²) < 4.78 is 23.5. The minimum atomic E-state index is -2.55. The summed E-state index contributed by atoms with van der Waals surface area (Å²) in [7, 11) is 0.